The zero-order valence-electron chi connectivity index (χ0n) is 9.38. The lowest BCUT2D eigenvalue weighted by Crippen LogP contribution is -2.12. The molecule has 0 saturated heterocycles. The highest BCUT2D eigenvalue weighted by Crippen LogP contribution is 2.26. The number of ether oxygens (including phenoxy) is 1. The van der Waals surface area contributed by atoms with Crippen molar-refractivity contribution in [1.29, 1.82) is 0 Å². The van der Waals surface area contributed by atoms with Gasteiger partial charge < -0.3 is 14.9 Å². The van der Waals surface area contributed by atoms with E-state index in [0.29, 0.717) is 0 Å². The molecule has 0 saturated carbocycles. The first-order valence-electron chi connectivity index (χ1n) is 4.73. The molecule has 7 heteroatoms. The Kier molecular flexibility index (Phi) is 4.41. The molecule has 0 fully saturated rings. The zero-order chi connectivity index (χ0) is 13.9. The van der Waals surface area contributed by atoms with Crippen molar-refractivity contribution in [3.8, 4) is 0 Å². The van der Waals surface area contributed by atoms with Gasteiger partial charge in [-0.3, -0.25) is 0 Å². The van der Waals surface area contributed by atoms with Gasteiger partial charge in [-0.25, -0.2) is 14.6 Å². The number of methoxy groups -OCH3 is 1. The monoisotopic (exact) mass is 271 g/mol. The Morgan fingerprint density at radius 3 is 2.56 bits per heavy atom. The maximum atomic E-state index is 11.2. The smallest absolute Gasteiger partial charge is 0.356 e. The number of aromatic nitrogens is 1. The summed E-state index contributed by atoms with van der Waals surface area (Å²) in [7, 11) is 1.19. The molecule has 0 bridgehead atoms. The molecule has 0 amide bonds. The minimum atomic E-state index is -1.49. The number of halogens is 1. The van der Waals surface area contributed by atoms with E-state index in [1.807, 2.05) is 0 Å². The summed E-state index contributed by atoms with van der Waals surface area (Å²) in [6.07, 6.45) is -1.49. The van der Waals surface area contributed by atoms with Gasteiger partial charge >= 0.3 is 11.9 Å². The molecule has 0 aliphatic carbocycles. The zero-order valence-corrected chi connectivity index (χ0v) is 10.1. The fourth-order valence-corrected chi connectivity index (χ4v) is 1.43. The molecular formula is C11H10ClNO5. The third kappa shape index (κ3) is 2.85. The number of aliphatic carboxylic acids is 1. The highest BCUT2D eigenvalue weighted by atomic mass is 35.5. The Balaban J connectivity index is 3.10. The number of pyridine rings is 1. The number of carbonyl (C=O) groups is 2. The van der Waals surface area contributed by atoms with E-state index >= 15 is 0 Å². The van der Waals surface area contributed by atoms with Crippen LogP contribution in [0, 0.1) is 0 Å². The first-order chi connectivity index (χ1) is 8.38. The van der Waals surface area contributed by atoms with Gasteiger partial charge in [0.2, 0.25) is 0 Å². The van der Waals surface area contributed by atoms with E-state index in [9.17, 15) is 14.7 Å². The van der Waals surface area contributed by atoms with E-state index in [0.717, 1.165) is 0 Å². The number of rotatable bonds is 4. The van der Waals surface area contributed by atoms with E-state index in [1.54, 1.807) is 0 Å². The average Bonchev–Trinajstić information content (AvgIpc) is 2.35. The lowest BCUT2D eigenvalue weighted by atomic mass is 10.0. The van der Waals surface area contributed by atoms with Crippen LogP contribution in [0.15, 0.2) is 24.3 Å². The van der Waals surface area contributed by atoms with Gasteiger partial charge in [-0.2, -0.15) is 0 Å². The molecule has 0 aromatic carbocycles. The highest BCUT2D eigenvalue weighted by molar-refractivity contribution is 6.30. The first-order valence-corrected chi connectivity index (χ1v) is 5.11. The largest absolute Gasteiger partial charge is 0.478 e. The van der Waals surface area contributed by atoms with Crippen LogP contribution in [0.25, 0.3) is 0 Å². The van der Waals surface area contributed by atoms with E-state index in [2.05, 4.69) is 16.3 Å². The second kappa shape index (κ2) is 5.61. The number of nitrogens with zero attached hydrogens (tertiary/aromatic N) is 1. The Morgan fingerprint density at radius 1 is 1.50 bits per heavy atom. The van der Waals surface area contributed by atoms with Crippen LogP contribution in [-0.2, 0) is 9.53 Å². The molecule has 0 aliphatic rings. The third-order valence-corrected chi connectivity index (χ3v) is 2.47. The summed E-state index contributed by atoms with van der Waals surface area (Å²) in [6.45, 7) is 3.22. The number of hydrogen-bond donors (Lipinski definition) is 2. The van der Waals surface area contributed by atoms with Crippen molar-refractivity contribution in [3.05, 3.63) is 40.7 Å². The molecule has 0 spiro atoms. The van der Waals surface area contributed by atoms with Gasteiger partial charge in [-0.15, -0.1) is 0 Å². The van der Waals surface area contributed by atoms with Crippen LogP contribution in [0.1, 0.15) is 22.2 Å². The topological polar surface area (TPSA) is 96.7 Å². The normalized spacial score (nSPS) is 11.7. The summed E-state index contributed by atoms with van der Waals surface area (Å²) >= 11 is 5.76. The molecule has 1 unspecified atom stereocenters. The van der Waals surface area contributed by atoms with E-state index < -0.39 is 23.6 Å². The third-order valence-electron chi connectivity index (χ3n) is 2.17. The Hall–Kier alpha value is -1.92. The van der Waals surface area contributed by atoms with Crippen LogP contribution in [-0.4, -0.2) is 34.2 Å². The second-order valence-electron chi connectivity index (χ2n) is 3.30. The molecular weight excluding hydrogens is 262 g/mol. The molecule has 1 rings (SSSR count). The number of esters is 1. The van der Waals surface area contributed by atoms with Gasteiger partial charge in [0, 0.05) is 5.56 Å². The number of hydrogen-bond acceptors (Lipinski definition) is 5. The van der Waals surface area contributed by atoms with Crippen molar-refractivity contribution in [2.75, 3.05) is 7.11 Å². The summed E-state index contributed by atoms with van der Waals surface area (Å²) in [6, 6.07) is 2.56. The molecule has 96 valence electrons. The van der Waals surface area contributed by atoms with Crippen LogP contribution >= 0.6 is 11.6 Å². The SMILES string of the molecule is C=C(C(=O)O)C(O)c1ccc(C(=O)OC)nc1Cl. The minimum absolute atomic E-state index is 0.0422. The molecule has 2 N–H and O–H groups in total. The maximum Gasteiger partial charge on any atom is 0.356 e. The summed E-state index contributed by atoms with van der Waals surface area (Å²) in [5.74, 6) is -2.04. The molecule has 1 atom stereocenters. The van der Waals surface area contributed by atoms with Crippen molar-refractivity contribution in [2.24, 2.45) is 0 Å². The van der Waals surface area contributed by atoms with Crippen LogP contribution in [0.2, 0.25) is 5.15 Å². The van der Waals surface area contributed by atoms with Gasteiger partial charge in [0.25, 0.3) is 0 Å². The fraction of sp³-hybridized carbons (Fsp3) is 0.182. The Morgan fingerprint density at radius 2 is 2.11 bits per heavy atom. The Labute approximate surface area is 107 Å². The van der Waals surface area contributed by atoms with Crippen LogP contribution in [0.3, 0.4) is 0 Å². The molecule has 0 aliphatic heterocycles. The standard InChI is InChI=1S/C11H10ClNO5/c1-5(10(15)16)8(14)6-3-4-7(11(17)18-2)13-9(6)12/h3-4,8,14H,1H2,2H3,(H,15,16). The molecule has 0 radical (unpaired) electrons. The van der Waals surface area contributed by atoms with Gasteiger partial charge in [-0.1, -0.05) is 24.2 Å². The van der Waals surface area contributed by atoms with Gasteiger partial charge in [-0.05, 0) is 6.07 Å². The van der Waals surface area contributed by atoms with Crippen molar-refractivity contribution < 1.29 is 24.5 Å². The quantitative estimate of drug-likeness (QED) is 0.485. The van der Waals surface area contributed by atoms with E-state index in [1.165, 1.54) is 19.2 Å². The van der Waals surface area contributed by atoms with Gasteiger partial charge in [0.15, 0.2) is 0 Å². The number of carbonyl (C=O) groups excluding carboxylic acids is 1. The van der Waals surface area contributed by atoms with Gasteiger partial charge in [0.05, 0.1) is 12.7 Å². The molecule has 1 aromatic rings. The van der Waals surface area contributed by atoms with E-state index in [-0.39, 0.29) is 16.4 Å². The molecule has 1 heterocycles. The lowest BCUT2D eigenvalue weighted by molar-refractivity contribution is -0.133. The number of aliphatic hydroxyl groups is 1. The minimum Gasteiger partial charge on any atom is -0.478 e. The lowest BCUT2D eigenvalue weighted by Gasteiger charge is -2.12. The average molecular weight is 272 g/mol. The van der Waals surface area contributed by atoms with Crippen LogP contribution in [0.5, 0.6) is 0 Å². The highest BCUT2D eigenvalue weighted by Gasteiger charge is 2.21. The van der Waals surface area contributed by atoms with Crippen molar-refractivity contribution in [3.63, 3.8) is 0 Å². The summed E-state index contributed by atoms with van der Waals surface area (Å²) in [5, 5.41) is 18.2. The number of aliphatic hydroxyl groups excluding tert-OH is 1. The Bertz CT molecular complexity index is 514. The van der Waals surface area contributed by atoms with Crippen LogP contribution in [0.4, 0.5) is 0 Å². The summed E-state index contributed by atoms with van der Waals surface area (Å²) in [5.41, 5.74) is -0.430. The van der Waals surface area contributed by atoms with Gasteiger partial charge in [0.1, 0.15) is 17.0 Å². The first kappa shape index (κ1) is 14.1. The van der Waals surface area contributed by atoms with Crippen molar-refractivity contribution in [2.45, 2.75) is 6.10 Å². The predicted octanol–water partition coefficient (Wildman–Crippen LogP) is 1.20. The summed E-state index contributed by atoms with van der Waals surface area (Å²) in [4.78, 5) is 25.5. The molecule has 6 nitrogen and oxygen atoms in total. The summed E-state index contributed by atoms with van der Waals surface area (Å²) < 4.78 is 4.44. The van der Waals surface area contributed by atoms with Crippen molar-refractivity contribution >= 4 is 23.5 Å². The fourth-order valence-electron chi connectivity index (χ4n) is 1.17. The molecule has 18 heavy (non-hydrogen) atoms. The molecule has 1 aromatic heterocycles. The van der Waals surface area contributed by atoms with Crippen LogP contribution < -0.4 is 0 Å². The van der Waals surface area contributed by atoms with E-state index in [4.69, 9.17) is 16.7 Å². The second-order valence-corrected chi connectivity index (χ2v) is 3.66. The predicted molar refractivity (Wildman–Crippen MR) is 62.3 cm³/mol. The number of carboxylic acids is 1. The maximum absolute atomic E-state index is 11.2. The van der Waals surface area contributed by atoms with Crippen molar-refractivity contribution in [1.82, 2.24) is 4.98 Å². The number of carboxylic acid groups (broad SMARTS) is 1.